The number of aromatic nitrogens is 1. The van der Waals surface area contributed by atoms with Gasteiger partial charge in [0.1, 0.15) is 0 Å². The van der Waals surface area contributed by atoms with Crippen molar-refractivity contribution in [3.05, 3.63) is 58.6 Å². The number of nitrogens with zero attached hydrogens (tertiary/aromatic N) is 2. The molecule has 2 radical (unpaired) electrons. The van der Waals surface area contributed by atoms with E-state index in [1.54, 1.807) is 13.1 Å². The van der Waals surface area contributed by atoms with Crippen LogP contribution in [0.5, 0.6) is 0 Å². The van der Waals surface area contributed by atoms with E-state index in [9.17, 15) is 14.9 Å². The van der Waals surface area contributed by atoms with Crippen molar-refractivity contribution in [3.63, 3.8) is 0 Å². The lowest BCUT2D eigenvalue weighted by molar-refractivity contribution is -0.121. The summed E-state index contributed by atoms with van der Waals surface area (Å²) >= 11 is 0. The predicted molar refractivity (Wildman–Crippen MR) is 119 cm³/mol. The van der Waals surface area contributed by atoms with Crippen LogP contribution in [0.1, 0.15) is 25.3 Å². The van der Waals surface area contributed by atoms with Crippen LogP contribution >= 0.6 is 0 Å². The summed E-state index contributed by atoms with van der Waals surface area (Å²) in [6, 6.07) is 16.2. The van der Waals surface area contributed by atoms with Crippen LogP contribution in [0.15, 0.2) is 51.7 Å². The normalized spacial score (nSPS) is 19.3. The summed E-state index contributed by atoms with van der Waals surface area (Å²) in [5, 5.41) is 12.8. The van der Waals surface area contributed by atoms with Crippen LogP contribution in [-0.2, 0) is 18.3 Å². The Hall–Kier alpha value is -3.15. The minimum Gasteiger partial charge on any atom is -0.408 e. The monoisotopic (exact) mass is 432 g/mol. The van der Waals surface area contributed by atoms with E-state index < -0.39 is 0 Å². The zero-order valence-corrected chi connectivity index (χ0v) is 18.5. The standard InChI is InChI=1S/C23H24N4O3Si/c1-14-3-9-19(25-14)22(28)26-31-18(13-24)11-15-4-6-16(7-5-15)17-8-10-21-20(12-17)27(2)23(29)30-21/h4-8,10,12,14,18-19,25H,3,9,11H2,1-2H3,(H,26,28)/t14-,18-,19-/m0/s1. The van der Waals surface area contributed by atoms with E-state index >= 15 is 0 Å². The first-order valence-electron chi connectivity index (χ1n) is 10.3. The summed E-state index contributed by atoms with van der Waals surface area (Å²) in [5.74, 6) is -0.390. The van der Waals surface area contributed by atoms with Gasteiger partial charge in [-0.3, -0.25) is 9.36 Å². The van der Waals surface area contributed by atoms with Crippen molar-refractivity contribution in [1.29, 1.82) is 5.26 Å². The molecule has 3 atom stereocenters. The fraction of sp³-hybridized carbons (Fsp3) is 0.348. The number of oxazole rings is 1. The number of rotatable bonds is 6. The highest BCUT2D eigenvalue weighted by Crippen LogP contribution is 2.25. The Kier molecular flexibility index (Phi) is 6.07. The Morgan fingerprint density at radius 2 is 2.03 bits per heavy atom. The van der Waals surface area contributed by atoms with Crippen molar-refractivity contribution >= 4 is 26.7 Å². The second kappa shape index (κ2) is 8.92. The molecule has 2 heterocycles. The Morgan fingerprint density at radius 1 is 1.29 bits per heavy atom. The van der Waals surface area contributed by atoms with E-state index in [0.717, 1.165) is 35.0 Å². The molecule has 3 aromatic rings. The number of hydrogen-bond donors (Lipinski definition) is 2. The molecule has 0 spiro atoms. The second-order valence-electron chi connectivity index (χ2n) is 8.02. The van der Waals surface area contributed by atoms with Crippen molar-refractivity contribution in [1.82, 2.24) is 14.9 Å². The van der Waals surface area contributed by atoms with Gasteiger partial charge in [-0.1, -0.05) is 30.3 Å². The van der Waals surface area contributed by atoms with Gasteiger partial charge in [0.15, 0.2) is 15.3 Å². The van der Waals surface area contributed by atoms with Crippen LogP contribution in [0.4, 0.5) is 0 Å². The minimum atomic E-state index is -0.379. The number of hydrogen-bond acceptors (Lipinski definition) is 5. The first kappa shape index (κ1) is 21.1. The average Bonchev–Trinajstić information content (AvgIpc) is 3.34. The molecule has 0 saturated carbocycles. The largest absolute Gasteiger partial charge is 0.419 e. The third kappa shape index (κ3) is 4.63. The summed E-state index contributed by atoms with van der Waals surface area (Å²) in [7, 11) is 1.75. The summed E-state index contributed by atoms with van der Waals surface area (Å²) in [6.45, 7) is 2.08. The van der Waals surface area contributed by atoms with Crippen LogP contribution in [0.2, 0.25) is 5.54 Å². The van der Waals surface area contributed by atoms with Crippen molar-refractivity contribution < 1.29 is 9.21 Å². The lowest BCUT2D eigenvalue weighted by Crippen LogP contribution is -2.44. The molecule has 0 bridgehead atoms. The van der Waals surface area contributed by atoms with Gasteiger partial charge >= 0.3 is 5.76 Å². The molecule has 0 aliphatic carbocycles. The Morgan fingerprint density at radius 3 is 2.71 bits per heavy atom. The molecule has 2 aromatic carbocycles. The number of aryl methyl sites for hydroxylation is 1. The van der Waals surface area contributed by atoms with Crippen LogP contribution in [0.3, 0.4) is 0 Å². The number of nitriles is 1. The van der Waals surface area contributed by atoms with Gasteiger partial charge in [0.2, 0.25) is 5.91 Å². The highest BCUT2D eigenvalue weighted by Gasteiger charge is 2.27. The summed E-state index contributed by atoms with van der Waals surface area (Å²) in [5.41, 5.74) is 4.10. The molecule has 31 heavy (non-hydrogen) atoms. The molecule has 1 saturated heterocycles. The van der Waals surface area contributed by atoms with Gasteiger partial charge in [-0.2, -0.15) is 5.26 Å². The highest BCUT2D eigenvalue weighted by atomic mass is 28.2. The van der Waals surface area contributed by atoms with Crippen LogP contribution in [0.25, 0.3) is 22.2 Å². The maximum Gasteiger partial charge on any atom is 0.419 e. The molecule has 2 N–H and O–H groups in total. The van der Waals surface area contributed by atoms with Crippen molar-refractivity contribution in [2.45, 2.75) is 43.8 Å². The quantitative estimate of drug-likeness (QED) is 0.583. The second-order valence-corrected chi connectivity index (χ2v) is 9.26. The molecule has 1 aliphatic heterocycles. The van der Waals surface area contributed by atoms with Crippen LogP contribution < -0.4 is 16.1 Å². The van der Waals surface area contributed by atoms with E-state index in [0.29, 0.717) is 18.0 Å². The molecule has 1 amide bonds. The van der Waals surface area contributed by atoms with Gasteiger partial charge in [0, 0.05) is 13.1 Å². The van der Waals surface area contributed by atoms with Crippen LogP contribution in [0, 0.1) is 11.3 Å². The molecule has 4 rings (SSSR count). The lowest BCUT2D eigenvalue weighted by Gasteiger charge is -2.14. The van der Waals surface area contributed by atoms with Gasteiger partial charge in [-0.05, 0) is 55.0 Å². The van der Waals surface area contributed by atoms with E-state index in [2.05, 4.69) is 23.3 Å². The van der Waals surface area contributed by atoms with Gasteiger partial charge < -0.3 is 14.7 Å². The van der Waals surface area contributed by atoms with Crippen molar-refractivity contribution in [2.24, 2.45) is 7.05 Å². The SMILES string of the molecule is C[C@H]1CC[C@@H](C(=O)N[Si][C@H](C#N)Cc2ccc(-c3ccc4oc(=O)n(C)c4c3)cc2)N1. The number of nitrogens with one attached hydrogen (secondary N) is 2. The molecule has 0 unspecified atom stereocenters. The number of amides is 1. The number of fused-ring (bicyclic) bond motifs is 1. The molecule has 158 valence electrons. The van der Waals surface area contributed by atoms with Gasteiger partial charge in [0.25, 0.3) is 0 Å². The maximum atomic E-state index is 12.3. The number of carbonyl (C=O) groups excluding carboxylic acids is 1. The lowest BCUT2D eigenvalue weighted by atomic mass is 10.0. The predicted octanol–water partition coefficient (Wildman–Crippen LogP) is 2.53. The summed E-state index contributed by atoms with van der Waals surface area (Å²) in [6.07, 6.45) is 2.42. The topological polar surface area (TPSA) is 100 Å². The zero-order chi connectivity index (χ0) is 22.0. The molecule has 1 fully saturated rings. The van der Waals surface area contributed by atoms with E-state index in [-0.39, 0.29) is 32.9 Å². The van der Waals surface area contributed by atoms with Crippen molar-refractivity contribution in [2.75, 3.05) is 0 Å². The maximum absolute atomic E-state index is 12.3. The number of carbonyl (C=O) groups is 1. The smallest absolute Gasteiger partial charge is 0.408 e. The third-order valence-electron chi connectivity index (χ3n) is 5.73. The molecular weight excluding hydrogens is 408 g/mol. The fourth-order valence-electron chi connectivity index (χ4n) is 3.88. The first-order valence-corrected chi connectivity index (χ1v) is 11.4. The van der Waals surface area contributed by atoms with Crippen LogP contribution in [-0.4, -0.2) is 32.2 Å². The fourth-order valence-corrected chi connectivity index (χ4v) is 4.78. The molecule has 7 nitrogen and oxygen atoms in total. The third-order valence-corrected chi connectivity index (χ3v) is 6.81. The zero-order valence-electron chi connectivity index (χ0n) is 17.5. The van der Waals surface area contributed by atoms with Gasteiger partial charge in [-0.15, -0.1) is 0 Å². The van der Waals surface area contributed by atoms with Gasteiger partial charge in [-0.25, -0.2) is 4.79 Å². The summed E-state index contributed by atoms with van der Waals surface area (Å²) in [4.78, 5) is 26.9. The average molecular weight is 433 g/mol. The molecular formula is C23H24N4O3Si. The number of benzene rings is 2. The minimum absolute atomic E-state index is 0.0117. The molecule has 1 aromatic heterocycles. The Balaban J connectivity index is 1.39. The summed E-state index contributed by atoms with van der Waals surface area (Å²) < 4.78 is 6.67. The van der Waals surface area contributed by atoms with Gasteiger partial charge in [0.05, 0.1) is 23.2 Å². The Labute approximate surface area is 183 Å². The Bertz CT molecular complexity index is 1190. The van der Waals surface area contributed by atoms with E-state index in [1.165, 1.54) is 4.57 Å². The molecule has 1 aliphatic rings. The van der Waals surface area contributed by atoms with E-state index in [1.807, 2.05) is 36.4 Å². The van der Waals surface area contributed by atoms with Crippen molar-refractivity contribution in [3.8, 4) is 17.2 Å². The highest BCUT2D eigenvalue weighted by molar-refractivity contribution is 6.40. The first-order chi connectivity index (χ1) is 14.9. The molecule has 8 heteroatoms. The van der Waals surface area contributed by atoms with E-state index in [4.69, 9.17) is 4.42 Å².